The van der Waals surface area contributed by atoms with E-state index in [1.54, 1.807) is 60.7 Å². The van der Waals surface area contributed by atoms with E-state index in [2.05, 4.69) is 10.6 Å². The van der Waals surface area contributed by atoms with Crippen LogP contribution in [0.25, 0.3) is 0 Å². The molecule has 5 aliphatic rings. The van der Waals surface area contributed by atoms with Crippen molar-refractivity contribution in [2.24, 2.45) is 17.8 Å². The average molecular weight is 717 g/mol. The van der Waals surface area contributed by atoms with Crippen LogP contribution in [-0.2, 0) is 14.4 Å². The monoisotopic (exact) mass is 716 g/mol. The summed E-state index contributed by atoms with van der Waals surface area (Å²) in [5, 5.41) is 5.46. The molecule has 0 bridgehead atoms. The Morgan fingerprint density at radius 1 is 0.462 bits per heavy atom. The highest BCUT2D eigenvalue weighted by Crippen LogP contribution is 2.35. The standard InChI is InChI=1S/C22H18N2O4.C14H10N2O2.C4H5ClO/c25-19-15-7-5-13(23-21(27)11-1-2-11)9-17(15)20(26)18-10-14(6-8-16(18)19)24-22(28)12-3-4-12;15-7-1-3-9-11(5-7)14(18)12-6-8(16)2-4-10(12)13(9)17;5-4(6)3-1-2-3/h5-12H,1-4H2,(H,23,27)(H,24,28);1-6H,15-16H2;3H,1-2H2. The molecule has 5 aliphatic carbocycles. The Balaban J connectivity index is 0.000000149. The lowest BCUT2D eigenvalue weighted by atomic mass is 9.83. The molecule has 2 amide bonds. The fourth-order valence-corrected chi connectivity index (χ4v) is 6.20. The maximum absolute atomic E-state index is 13.0. The zero-order valence-corrected chi connectivity index (χ0v) is 28.5. The summed E-state index contributed by atoms with van der Waals surface area (Å²) in [6.07, 6.45) is 5.58. The number of rotatable bonds is 5. The van der Waals surface area contributed by atoms with Gasteiger partial charge in [-0.3, -0.25) is 33.6 Å². The van der Waals surface area contributed by atoms with Gasteiger partial charge in [-0.15, -0.1) is 0 Å². The lowest BCUT2D eigenvalue weighted by Crippen LogP contribution is -2.22. The summed E-state index contributed by atoms with van der Waals surface area (Å²) in [6.45, 7) is 0. The maximum atomic E-state index is 13.0. The minimum Gasteiger partial charge on any atom is -0.399 e. The Bertz CT molecular complexity index is 2110. The molecule has 0 heterocycles. The van der Waals surface area contributed by atoms with Crippen molar-refractivity contribution in [2.45, 2.75) is 38.5 Å². The van der Waals surface area contributed by atoms with Gasteiger partial charge >= 0.3 is 0 Å². The summed E-state index contributed by atoms with van der Waals surface area (Å²) in [5.41, 5.74) is 15.9. The lowest BCUT2D eigenvalue weighted by molar-refractivity contribution is -0.118. The van der Waals surface area contributed by atoms with Crippen LogP contribution < -0.4 is 22.1 Å². The molecular formula is C40H33ClN4O7. The number of nitrogens with two attached hydrogens (primary N) is 2. The highest BCUT2D eigenvalue weighted by Gasteiger charge is 2.34. The van der Waals surface area contributed by atoms with Gasteiger partial charge in [-0.2, -0.15) is 0 Å². The van der Waals surface area contributed by atoms with E-state index in [-0.39, 0.29) is 69.1 Å². The number of nitrogens with one attached hydrogen (secondary N) is 2. The van der Waals surface area contributed by atoms with E-state index in [0.717, 1.165) is 38.5 Å². The van der Waals surface area contributed by atoms with Crippen LogP contribution in [-0.4, -0.2) is 40.2 Å². The van der Waals surface area contributed by atoms with Crippen molar-refractivity contribution < 1.29 is 33.6 Å². The van der Waals surface area contributed by atoms with E-state index in [9.17, 15) is 33.6 Å². The molecule has 9 rings (SSSR count). The zero-order valence-electron chi connectivity index (χ0n) is 27.8. The minimum absolute atomic E-state index is 0.0479. The molecule has 0 aromatic heterocycles. The number of carbonyl (C=O) groups excluding carboxylic acids is 7. The molecule has 11 nitrogen and oxygen atoms in total. The number of ketones is 4. The third-order valence-electron chi connectivity index (χ3n) is 9.41. The lowest BCUT2D eigenvalue weighted by Gasteiger charge is -2.19. The number of halogens is 1. The van der Waals surface area contributed by atoms with Crippen LogP contribution in [0.4, 0.5) is 22.7 Å². The topological polar surface area (TPSA) is 196 Å². The zero-order chi connectivity index (χ0) is 36.8. The van der Waals surface area contributed by atoms with Crippen LogP contribution in [0.15, 0.2) is 72.8 Å². The molecule has 3 saturated carbocycles. The van der Waals surface area contributed by atoms with Crippen molar-refractivity contribution in [2.75, 3.05) is 22.1 Å². The number of anilines is 4. The Labute approximate surface area is 303 Å². The molecule has 52 heavy (non-hydrogen) atoms. The normalized spacial score (nSPS) is 16.4. The van der Waals surface area contributed by atoms with Gasteiger partial charge in [0.25, 0.3) is 0 Å². The molecular weight excluding hydrogens is 684 g/mol. The smallest absolute Gasteiger partial charge is 0.227 e. The Morgan fingerprint density at radius 3 is 1.08 bits per heavy atom. The van der Waals surface area contributed by atoms with Gasteiger partial charge in [0.15, 0.2) is 23.1 Å². The number of hydrogen-bond donors (Lipinski definition) is 4. The van der Waals surface area contributed by atoms with Crippen LogP contribution in [0.3, 0.4) is 0 Å². The highest BCUT2D eigenvalue weighted by molar-refractivity contribution is 6.64. The van der Waals surface area contributed by atoms with Gasteiger partial charge < -0.3 is 22.1 Å². The van der Waals surface area contributed by atoms with Crippen molar-refractivity contribution in [1.29, 1.82) is 0 Å². The van der Waals surface area contributed by atoms with E-state index in [1.807, 2.05) is 0 Å². The largest absolute Gasteiger partial charge is 0.399 e. The Kier molecular flexibility index (Phi) is 9.06. The molecule has 4 aromatic carbocycles. The fourth-order valence-electron chi connectivity index (χ4n) is 5.98. The van der Waals surface area contributed by atoms with Crippen molar-refractivity contribution in [3.63, 3.8) is 0 Å². The van der Waals surface area contributed by atoms with Crippen molar-refractivity contribution in [1.82, 2.24) is 0 Å². The number of benzene rings is 4. The van der Waals surface area contributed by atoms with Crippen molar-refractivity contribution in [3.05, 3.63) is 117 Å². The molecule has 262 valence electrons. The molecule has 0 atom stereocenters. The molecule has 0 spiro atoms. The number of nitrogen functional groups attached to an aromatic ring is 2. The molecule has 0 unspecified atom stereocenters. The van der Waals surface area contributed by atoms with Gasteiger partial charge in [-0.25, -0.2) is 0 Å². The third-order valence-corrected chi connectivity index (χ3v) is 9.72. The molecule has 6 N–H and O–H groups in total. The summed E-state index contributed by atoms with van der Waals surface area (Å²) in [7, 11) is 0. The second-order valence-corrected chi connectivity index (χ2v) is 13.9. The van der Waals surface area contributed by atoms with E-state index in [0.29, 0.717) is 56.1 Å². The summed E-state index contributed by atoms with van der Waals surface area (Å²) >= 11 is 5.04. The van der Waals surface area contributed by atoms with Crippen LogP contribution in [0.2, 0.25) is 0 Å². The Hall–Kier alpha value is -5.94. The highest BCUT2D eigenvalue weighted by atomic mass is 35.5. The second-order valence-electron chi connectivity index (χ2n) is 13.6. The summed E-state index contributed by atoms with van der Waals surface area (Å²) in [5.74, 6) is -0.677. The first kappa shape index (κ1) is 34.5. The van der Waals surface area contributed by atoms with Gasteiger partial charge in [0.1, 0.15) is 0 Å². The number of fused-ring (bicyclic) bond motifs is 4. The van der Waals surface area contributed by atoms with Crippen LogP contribution in [0.1, 0.15) is 102 Å². The number of hydrogen-bond acceptors (Lipinski definition) is 9. The van der Waals surface area contributed by atoms with E-state index in [4.69, 9.17) is 23.1 Å². The van der Waals surface area contributed by atoms with E-state index in [1.165, 1.54) is 12.1 Å². The Morgan fingerprint density at radius 2 is 0.769 bits per heavy atom. The first-order valence-corrected chi connectivity index (χ1v) is 17.3. The quantitative estimate of drug-likeness (QED) is 0.123. The molecule has 3 fully saturated rings. The van der Waals surface area contributed by atoms with Crippen LogP contribution in [0, 0.1) is 17.8 Å². The molecule has 12 heteroatoms. The summed E-state index contributed by atoms with van der Waals surface area (Å²) in [6, 6.07) is 19.1. The molecule has 0 radical (unpaired) electrons. The van der Waals surface area contributed by atoms with Crippen molar-refractivity contribution >= 4 is 74.5 Å². The average Bonchev–Trinajstić information content (AvgIpc) is 3.97. The van der Waals surface area contributed by atoms with Gasteiger partial charge in [0, 0.05) is 85.0 Å². The number of amides is 2. The predicted molar refractivity (Wildman–Crippen MR) is 195 cm³/mol. The van der Waals surface area contributed by atoms with E-state index < -0.39 is 0 Å². The van der Waals surface area contributed by atoms with Gasteiger partial charge in [0.2, 0.25) is 17.1 Å². The van der Waals surface area contributed by atoms with E-state index >= 15 is 0 Å². The van der Waals surface area contributed by atoms with Gasteiger partial charge in [0.05, 0.1) is 0 Å². The van der Waals surface area contributed by atoms with Gasteiger partial charge in [-0.1, -0.05) is 0 Å². The van der Waals surface area contributed by atoms with Crippen LogP contribution >= 0.6 is 11.6 Å². The minimum atomic E-state index is -0.283. The molecule has 0 aliphatic heterocycles. The predicted octanol–water partition coefficient (Wildman–Crippen LogP) is 5.95. The number of carbonyl (C=O) groups is 7. The molecule has 4 aromatic rings. The fraction of sp³-hybridized carbons (Fsp3) is 0.225. The van der Waals surface area contributed by atoms with Crippen molar-refractivity contribution in [3.8, 4) is 0 Å². The second kappa shape index (κ2) is 13.6. The van der Waals surface area contributed by atoms with Gasteiger partial charge in [-0.05, 0) is 123 Å². The summed E-state index contributed by atoms with van der Waals surface area (Å²) < 4.78 is 0. The molecule has 0 saturated heterocycles. The first-order valence-electron chi connectivity index (χ1n) is 17.0. The van der Waals surface area contributed by atoms with Crippen LogP contribution in [0.5, 0.6) is 0 Å². The first-order chi connectivity index (χ1) is 24.9. The SMILES string of the molecule is Nc1ccc2c(c1)C(=O)c1cc(N)ccc1C2=O.O=C(Cl)C1CC1.O=C1c2ccc(NC(=O)C3CC3)cc2C(=O)c2cc(NC(=O)C3CC3)ccc21. The summed E-state index contributed by atoms with van der Waals surface area (Å²) in [4.78, 5) is 84.4. The maximum Gasteiger partial charge on any atom is 0.227 e. The third kappa shape index (κ3) is 7.13.